The second-order valence-corrected chi connectivity index (χ2v) is 9.96. The van der Waals surface area contributed by atoms with Crippen molar-refractivity contribution in [2.45, 2.75) is 32.7 Å². The first kappa shape index (κ1) is 31.2. The number of aliphatic carboxylic acids is 1. The number of para-hydroxylation sites is 1. The van der Waals surface area contributed by atoms with Crippen molar-refractivity contribution in [2.24, 2.45) is 0 Å². The molecule has 0 aliphatic heterocycles. The molecule has 4 aromatic carbocycles. The van der Waals surface area contributed by atoms with Crippen molar-refractivity contribution < 1.29 is 36.9 Å². The average molecular weight is 622 g/mol. The summed E-state index contributed by atoms with van der Waals surface area (Å²) in [4.78, 5) is 24.7. The van der Waals surface area contributed by atoms with E-state index in [9.17, 15) is 32.3 Å². The molecule has 0 fully saturated rings. The first-order chi connectivity index (χ1) is 21.5. The molecular weight excluding hydrogens is 594 g/mol. The molecule has 0 aliphatic rings. The van der Waals surface area contributed by atoms with Crippen molar-refractivity contribution in [3.63, 3.8) is 0 Å². The van der Waals surface area contributed by atoms with Crippen LogP contribution in [0.2, 0.25) is 0 Å². The monoisotopic (exact) mass is 621 g/mol. The number of rotatable bonds is 11. The van der Waals surface area contributed by atoms with Crippen LogP contribution in [0.15, 0.2) is 95.8 Å². The van der Waals surface area contributed by atoms with E-state index in [0.29, 0.717) is 17.9 Å². The largest absolute Gasteiger partial charge is 0.494 e. The van der Waals surface area contributed by atoms with Gasteiger partial charge in [0.1, 0.15) is 18.2 Å². The first-order valence-corrected chi connectivity index (χ1v) is 13.8. The number of alkyl halides is 3. The van der Waals surface area contributed by atoms with Crippen LogP contribution >= 0.6 is 0 Å². The Labute approximate surface area is 254 Å². The van der Waals surface area contributed by atoms with E-state index in [-0.39, 0.29) is 36.8 Å². The number of carbonyl (C=O) groups is 1. The molecule has 0 saturated heterocycles. The lowest BCUT2D eigenvalue weighted by Crippen LogP contribution is -2.24. The summed E-state index contributed by atoms with van der Waals surface area (Å²) < 4.78 is 67.2. The molecule has 0 spiro atoms. The number of halogens is 4. The van der Waals surface area contributed by atoms with E-state index in [1.165, 1.54) is 18.2 Å². The molecule has 232 valence electrons. The van der Waals surface area contributed by atoms with Gasteiger partial charge in [-0.3, -0.25) is 4.79 Å². The van der Waals surface area contributed by atoms with E-state index >= 15 is 0 Å². The molecule has 0 amide bonds. The third-order valence-electron chi connectivity index (χ3n) is 6.87. The van der Waals surface area contributed by atoms with Gasteiger partial charge in [-0.2, -0.15) is 17.9 Å². The molecular formula is C33H27F4N3O5. The molecule has 8 nitrogen and oxygen atoms in total. The molecule has 0 saturated carbocycles. The lowest BCUT2D eigenvalue weighted by atomic mass is 10.00. The van der Waals surface area contributed by atoms with Crippen LogP contribution in [-0.4, -0.2) is 32.0 Å². The van der Waals surface area contributed by atoms with Crippen LogP contribution in [0.3, 0.4) is 0 Å². The number of aromatic nitrogens is 3. The highest BCUT2D eigenvalue weighted by molar-refractivity contribution is 5.74. The van der Waals surface area contributed by atoms with Gasteiger partial charge in [0.2, 0.25) is 0 Å². The second kappa shape index (κ2) is 13.2. The number of carboxylic acid groups (broad SMARTS) is 1. The molecule has 0 unspecified atom stereocenters. The Morgan fingerprint density at radius 1 is 0.911 bits per heavy atom. The van der Waals surface area contributed by atoms with Crippen LogP contribution in [0.5, 0.6) is 5.75 Å². The van der Waals surface area contributed by atoms with Crippen molar-refractivity contribution in [2.75, 3.05) is 6.61 Å². The number of hydrogen-bond donors (Lipinski definition) is 1. The molecule has 45 heavy (non-hydrogen) atoms. The van der Waals surface area contributed by atoms with Crippen LogP contribution < -0.4 is 10.4 Å². The quantitative estimate of drug-likeness (QED) is 0.167. The average Bonchev–Trinajstić information content (AvgIpc) is 3.33. The highest BCUT2D eigenvalue weighted by atomic mass is 19.4. The highest BCUT2D eigenvalue weighted by Gasteiger charge is 2.30. The predicted molar refractivity (Wildman–Crippen MR) is 157 cm³/mol. The minimum Gasteiger partial charge on any atom is -0.494 e. The highest BCUT2D eigenvalue weighted by Crippen LogP contribution is 2.30. The normalized spacial score (nSPS) is 11.5. The number of benzene rings is 4. The molecule has 1 N–H and O–H groups in total. The molecule has 0 atom stereocenters. The summed E-state index contributed by atoms with van der Waals surface area (Å²) >= 11 is 0. The molecule has 0 bridgehead atoms. The van der Waals surface area contributed by atoms with Crippen molar-refractivity contribution in [3.05, 3.63) is 130 Å². The minimum atomic E-state index is -4.55. The Hall–Kier alpha value is -5.23. The predicted octanol–water partition coefficient (Wildman–Crippen LogP) is 6.59. The maximum Gasteiger partial charge on any atom is 0.416 e. The topological polar surface area (TPSA) is 95.6 Å². The van der Waals surface area contributed by atoms with Gasteiger partial charge in [-0.05, 0) is 72.1 Å². The van der Waals surface area contributed by atoms with Gasteiger partial charge >= 0.3 is 17.8 Å². The Kier molecular flexibility index (Phi) is 9.14. The summed E-state index contributed by atoms with van der Waals surface area (Å²) in [6.45, 7) is 2.12. The lowest BCUT2D eigenvalue weighted by Gasteiger charge is -2.12. The standard InChI is InChI=1S/C33H27F4N3O5/c1-2-45-29-16-11-23(17-24(29)18-31(41)42)22-9-7-21(8-10-22)19-44-20-30-38-40(26-14-12-25(13-15-26)33(35,36)37)32(43)39(30)28-6-4-3-5-27(28)34/h3-17H,2,18-20H2,1H3,(H,41,42). The van der Waals surface area contributed by atoms with Gasteiger partial charge in [0, 0.05) is 5.56 Å². The van der Waals surface area contributed by atoms with Gasteiger partial charge < -0.3 is 14.6 Å². The Bertz CT molecular complexity index is 1860. The maximum absolute atomic E-state index is 14.7. The van der Waals surface area contributed by atoms with Gasteiger partial charge in [0.05, 0.1) is 36.6 Å². The van der Waals surface area contributed by atoms with Crippen LogP contribution in [0.4, 0.5) is 17.6 Å². The first-order valence-electron chi connectivity index (χ1n) is 13.8. The molecule has 0 aliphatic carbocycles. The van der Waals surface area contributed by atoms with Crippen LogP contribution in [0, 0.1) is 5.82 Å². The summed E-state index contributed by atoms with van der Waals surface area (Å²) in [5.74, 6) is -1.10. The second-order valence-electron chi connectivity index (χ2n) is 9.96. The summed E-state index contributed by atoms with van der Waals surface area (Å²) in [7, 11) is 0. The van der Waals surface area contributed by atoms with Crippen LogP contribution in [0.25, 0.3) is 22.5 Å². The SMILES string of the molecule is CCOc1ccc(-c2ccc(COCc3nn(-c4ccc(C(F)(F)F)cc4)c(=O)n3-c3ccccc3F)cc2)cc1CC(=O)O. The van der Waals surface area contributed by atoms with Gasteiger partial charge in [0.25, 0.3) is 0 Å². The number of carboxylic acids is 1. The van der Waals surface area contributed by atoms with Crippen LogP contribution in [0.1, 0.15) is 29.4 Å². The zero-order valence-electron chi connectivity index (χ0n) is 23.9. The zero-order valence-corrected chi connectivity index (χ0v) is 23.9. The Morgan fingerprint density at radius 2 is 1.60 bits per heavy atom. The van der Waals surface area contributed by atoms with Crippen molar-refractivity contribution in [1.82, 2.24) is 14.3 Å². The summed E-state index contributed by atoms with van der Waals surface area (Å²) in [6, 6.07) is 22.2. The molecule has 5 rings (SSSR count). The van der Waals surface area contributed by atoms with Crippen molar-refractivity contribution in [3.8, 4) is 28.3 Å². The lowest BCUT2D eigenvalue weighted by molar-refractivity contribution is -0.138. The third kappa shape index (κ3) is 7.13. The summed E-state index contributed by atoms with van der Waals surface area (Å²) in [6.07, 6.45) is -4.73. The number of ether oxygens (including phenoxy) is 2. The van der Waals surface area contributed by atoms with Gasteiger partial charge in [-0.15, -0.1) is 5.10 Å². The van der Waals surface area contributed by atoms with Gasteiger partial charge in [0.15, 0.2) is 5.82 Å². The zero-order chi connectivity index (χ0) is 32.1. The minimum absolute atomic E-state index is 0.0435. The number of nitrogens with zero attached hydrogens (tertiary/aromatic N) is 3. The smallest absolute Gasteiger partial charge is 0.416 e. The summed E-state index contributed by atoms with van der Waals surface area (Å²) in [5.41, 5.74) is 1.32. The molecule has 0 radical (unpaired) electrons. The number of hydrogen-bond acceptors (Lipinski definition) is 5. The van der Waals surface area contributed by atoms with E-state index < -0.39 is 29.2 Å². The fraction of sp³-hybridized carbons (Fsp3) is 0.182. The van der Waals surface area contributed by atoms with E-state index in [4.69, 9.17) is 9.47 Å². The fourth-order valence-corrected chi connectivity index (χ4v) is 4.75. The fourth-order valence-electron chi connectivity index (χ4n) is 4.75. The molecule has 1 aromatic heterocycles. The molecule has 1 heterocycles. The van der Waals surface area contributed by atoms with E-state index in [1.54, 1.807) is 18.2 Å². The summed E-state index contributed by atoms with van der Waals surface area (Å²) in [5, 5.41) is 13.5. The van der Waals surface area contributed by atoms with E-state index in [2.05, 4.69) is 5.10 Å². The van der Waals surface area contributed by atoms with Gasteiger partial charge in [-0.25, -0.2) is 13.8 Å². The third-order valence-corrected chi connectivity index (χ3v) is 6.87. The van der Waals surface area contributed by atoms with E-state index in [1.807, 2.05) is 37.3 Å². The Morgan fingerprint density at radius 3 is 2.24 bits per heavy atom. The van der Waals surface area contributed by atoms with E-state index in [0.717, 1.165) is 50.2 Å². The molecule has 5 aromatic rings. The maximum atomic E-state index is 14.7. The van der Waals surface area contributed by atoms with Gasteiger partial charge in [-0.1, -0.05) is 42.5 Å². The molecule has 12 heteroatoms. The van der Waals surface area contributed by atoms with Crippen LogP contribution in [-0.2, 0) is 35.3 Å². The Balaban J connectivity index is 1.36. The van der Waals surface area contributed by atoms with Crippen molar-refractivity contribution in [1.29, 1.82) is 0 Å². The van der Waals surface area contributed by atoms with Crippen molar-refractivity contribution >= 4 is 5.97 Å².